The highest BCUT2D eigenvalue weighted by Gasteiger charge is 2.31. The first-order chi connectivity index (χ1) is 11.2. The first-order valence-corrected chi connectivity index (χ1v) is 10.4. The second kappa shape index (κ2) is 7.55. The van der Waals surface area contributed by atoms with E-state index in [-0.39, 0.29) is 11.9 Å². The molecule has 134 valence electrons. The lowest BCUT2D eigenvalue weighted by Gasteiger charge is -2.31. The van der Waals surface area contributed by atoms with Crippen LogP contribution in [0.5, 0.6) is 0 Å². The normalized spacial score (nSPS) is 17.3. The minimum absolute atomic E-state index is 0.161. The van der Waals surface area contributed by atoms with Crippen molar-refractivity contribution in [3.8, 4) is 0 Å². The van der Waals surface area contributed by atoms with Crippen molar-refractivity contribution in [2.45, 2.75) is 65.0 Å². The van der Waals surface area contributed by atoms with Gasteiger partial charge >= 0.3 is 0 Å². The number of amides is 1. The van der Waals surface area contributed by atoms with E-state index in [2.05, 4.69) is 5.32 Å². The number of hydrogen-bond acceptors (Lipinski definition) is 3. The molecule has 24 heavy (non-hydrogen) atoms. The molecule has 0 spiro atoms. The van der Waals surface area contributed by atoms with Gasteiger partial charge in [-0.2, -0.15) is 0 Å². The van der Waals surface area contributed by atoms with Crippen molar-refractivity contribution < 1.29 is 13.2 Å². The molecule has 1 aromatic rings. The van der Waals surface area contributed by atoms with Crippen LogP contribution in [0.25, 0.3) is 0 Å². The van der Waals surface area contributed by atoms with Gasteiger partial charge in [0, 0.05) is 6.04 Å². The summed E-state index contributed by atoms with van der Waals surface area (Å²) in [6.07, 6.45) is 6.54. The maximum absolute atomic E-state index is 12.7. The van der Waals surface area contributed by atoms with Gasteiger partial charge in [0.25, 0.3) is 0 Å². The van der Waals surface area contributed by atoms with Crippen LogP contribution in [0, 0.1) is 13.8 Å². The van der Waals surface area contributed by atoms with E-state index in [0.29, 0.717) is 5.69 Å². The zero-order valence-corrected chi connectivity index (χ0v) is 15.8. The molecule has 0 heterocycles. The van der Waals surface area contributed by atoms with E-state index in [1.807, 2.05) is 32.0 Å². The van der Waals surface area contributed by atoms with Gasteiger partial charge in [-0.15, -0.1) is 0 Å². The molecule has 2 rings (SSSR count). The number of carbonyl (C=O) groups is 1. The molecule has 1 atom stereocenters. The molecule has 1 fully saturated rings. The summed E-state index contributed by atoms with van der Waals surface area (Å²) in [5, 5.41) is 3.03. The lowest BCUT2D eigenvalue weighted by molar-refractivity contribution is -0.122. The van der Waals surface area contributed by atoms with Gasteiger partial charge in [-0.25, -0.2) is 8.42 Å². The molecule has 1 amide bonds. The molecule has 0 aliphatic heterocycles. The van der Waals surface area contributed by atoms with Crippen LogP contribution < -0.4 is 9.62 Å². The van der Waals surface area contributed by atoms with E-state index in [4.69, 9.17) is 0 Å². The van der Waals surface area contributed by atoms with Crippen molar-refractivity contribution in [3.05, 3.63) is 29.3 Å². The fourth-order valence-corrected chi connectivity index (χ4v) is 4.53. The first kappa shape index (κ1) is 18.8. The SMILES string of the molecule is Cc1ccc(C)c(N([C@H](C)C(=O)NC2CCCCC2)S(C)(=O)=O)c1. The largest absolute Gasteiger partial charge is 0.352 e. The number of benzene rings is 1. The highest BCUT2D eigenvalue weighted by atomic mass is 32.2. The molecule has 0 bridgehead atoms. The van der Waals surface area contributed by atoms with Crippen molar-refractivity contribution in [2.75, 3.05) is 10.6 Å². The van der Waals surface area contributed by atoms with Gasteiger partial charge in [0.1, 0.15) is 6.04 Å². The zero-order valence-electron chi connectivity index (χ0n) is 15.0. The molecule has 5 nitrogen and oxygen atoms in total. The summed E-state index contributed by atoms with van der Waals surface area (Å²) in [4.78, 5) is 12.7. The van der Waals surface area contributed by atoms with Crippen LogP contribution in [0.2, 0.25) is 0 Å². The topological polar surface area (TPSA) is 66.5 Å². The first-order valence-electron chi connectivity index (χ1n) is 8.57. The smallest absolute Gasteiger partial charge is 0.243 e. The summed E-state index contributed by atoms with van der Waals surface area (Å²) in [6, 6.07) is 5.03. The second-order valence-corrected chi connectivity index (χ2v) is 8.73. The van der Waals surface area contributed by atoms with E-state index in [1.54, 1.807) is 6.92 Å². The van der Waals surface area contributed by atoms with Crippen LogP contribution in [-0.2, 0) is 14.8 Å². The Labute approximate surface area is 145 Å². The molecule has 1 N–H and O–H groups in total. The van der Waals surface area contributed by atoms with E-state index in [1.165, 1.54) is 10.7 Å². The standard InChI is InChI=1S/C18H28N2O3S/c1-13-10-11-14(2)17(12-13)20(24(4,22)23)15(3)18(21)19-16-8-6-5-7-9-16/h10-12,15-16H,5-9H2,1-4H3,(H,19,21)/t15-/m1/s1. The highest BCUT2D eigenvalue weighted by molar-refractivity contribution is 7.92. The Bertz CT molecular complexity index is 694. The number of nitrogens with one attached hydrogen (secondary N) is 1. The Morgan fingerprint density at radius 3 is 2.42 bits per heavy atom. The molecule has 1 saturated carbocycles. The summed E-state index contributed by atoms with van der Waals surface area (Å²) in [5.74, 6) is -0.228. The number of rotatable bonds is 5. The molecule has 0 saturated heterocycles. The Hall–Kier alpha value is -1.56. The van der Waals surface area contributed by atoms with E-state index >= 15 is 0 Å². The highest BCUT2D eigenvalue weighted by Crippen LogP contribution is 2.26. The Kier molecular flexibility index (Phi) is 5.91. The number of carbonyl (C=O) groups excluding carboxylic acids is 1. The lowest BCUT2D eigenvalue weighted by Crippen LogP contribution is -2.50. The second-order valence-electron chi connectivity index (χ2n) is 6.87. The quantitative estimate of drug-likeness (QED) is 0.886. The predicted molar refractivity (Wildman–Crippen MR) is 97.7 cm³/mol. The van der Waals surface area contributed by atoms with Gasteiger partial charge < -0.3 is 5.32 Å². The molecule has 1 aliphatic carbocycles. The number of anilines is 1. The van der Waals surface area contributed by atoms with Crippen LogP contribution in [0.1, 0.15) is 50.2 Å². The Balaban J connectivity index is 2.27. The molecular formula is C18H28N2O3S. The third-order valence-corrected chi connectivity index (χ3v) is 5.87. The van der Waals surface area contributed by atoms with Crippen LogP contribution in [0.3, 0.4) is 0 Å². The molecule has 0 radical (unpaired) electrons. The predicted octanol–water partition coefficient (Wildman–Crippen LogP) is 2.91. The summed E-state index contributed by atoms with van der Waals surface area (Å²) in [6.45, 7) is 5.43. The van der Waals surface area contributed by atoms with E-state index in [9.17, 15) is 13.2 Å². The average molecular weight is 353 g/mol. The van der Waals surface area contributed by atoms with Crippen LogP contribution >= 0.6 is 0 Å². The number of hydrogen-bond donors (Lipinski definition) is 1. The summed E-state index contributed by atoms with van der Waals surface area (Å²) in [5.41, 5.74) is 2.37. The number of aryl methyl sites for hydroxylation is 2. The summed E-state index contributed by atoms with van der Waals surface area (Å²) < 4.78 is 26.0. The monoisotopic (exact) mass is 352 g/mol. The van der Waals surface area contributed by atoms with Gasteiger partial charge in [-0.05, 0) is 50.8 Å². The third-order valence-electron chi connectivity index (χ3n) is 4.64. The van der Waals surface area contributed by atoms with Crippen molar-refractivity contribution in [3.63, 3.8) is 0 Å². The minimum Gasteiger partial charge on any atom is -0.352 e. The molecule has 1 aromatic carbocycles. The zero-order chi connectivity index (χ0) is 17.9. The number of nitrogens with zero attached hydrogens (tertiary/aromatic N) is 1. The van der Waals surface area contributed by atoms with E-state index in [0.717, 1.165) is 43.1 Å². The van der Waals surface area contributed by atoms with Gasteiger partial charge in [0.15, 0.2) is 0 Å². The maximum atomic E-state index is 12.7. The Morgan fingerprint density at radius 2 is 1.83 bits per heavy atom. The van der Waals surface area contributed by atoms with Gasteiger partial charge in [-0.3, -0.25) is 9.10 Å². The van der Waals surface area contributed by atoms with Gasteiger partial charge in [-0.1, -0.05) is 31.4 Å². The summed E-state index contributed by atoms with van der Waals surface area (Å²) >= 11 is 0. The maximum Gasteiger partial charge on any atom is 0.243 e. The lowest BCUT2D eigenvalue weighted by atomic mass is 9.95. The third kappa shape index (κ3) is 4.50. The fraction of sp³-hybridized carbons (Fsp3) is 0.611. The van der Waals surface area contributed by atoms with Crippen LogP contribution in [0.15, 0.2) is 18.2 Å². The molecule has 0 aromatic heterocycles. The van der Waals surface area contributed by atoms with E-state index < -0.39 is 16.1 Å². The van der Waals surface area contributed by atoms with Crippen LogP contribution in [-0.4, -0.2) is 32.7 Å². The van der Waals surface area contributed by atoms with Crippen LogP contribution in [0.4, 0.5) is 5.69 Å². The Morgan fingerprint density at radius 1 is 1.21 bits per heavy atom. The molecule has 6 heteroatoms. The minimum atomic E-state index is -3.57. The average Bonchev–Trinajstić information content (AvgIpc) is 2.50. The van der Waals surface area contributed by atoms with Gasteiger partial charge in [0.2, 0.25) is 15.9 Å². The molecular weight excluding hydrogens is 324 g/mol. The number of sulfonamides is 1. The van der Waals surface area contributed by atoms with Gasteiger partial charge in [0.05, 0.1) is 11.9 Å². The van der Waals surface area contributed by atoms with Crippen molar-refractivity contribution in [1.82, 2.24) is 5.32 Å². The fourth-order valence-electron chi connectivity index (χ4n) is 3.31. The van der Waals surface area contributed by atoms with Crippen molar-refractivity contribution >= 4 is 21.6 Å². The molecule has 0 unspecified atom stereocenters. The van der Waals surface area contributed by atoms with Crippen molar-refractivity contribution in [1.29, 1.82) is 0 Å². The summed E-state index contributed by atoms with van der Waals surface area (Å²) in [7, 11) is -3.57. The molecule has 1 aliphatic rings. The van der Waals surface area contributed by atoms with Crippen molar-refractivity contribution in [2.24, 2.45) is 0 Å².